The molecule has 3 amide bonds. The molecule has 1 aromatic carbocycles. The van der Waals surface area contributed by atoms with Gasteiger partial charge in [-0.15, -0.1) is 6.42 Å². The van der Waals surface area contributed by atoms with E-state index in [1.165, 1.54) is 0 Å². The zero-order chi connectivity index (χ0) is 19.2. The van der Waals surface area contributed by atoms with E-state index in [0.717, 1.165) is 6.07 Å². The number of nitrogens with zero attached hydrogens (tertiary/aromatic N) is 2. The van der Waals surface area contributed by atoms with Crippen LogP contribution in [0.3, 0.4) is 0 Å². The Morgan fingerprint density at radius 3 is 2.42 bits per heavy atom. The second kappa shape index (κ2) is 6.05. The van der Waals surface area contributed by atoms with Crippen molar-refractivity contribution >= 4 is 29.1 Å². The normalized spacial score (nSPS) is 19.9. The summed E-state index contributed by atoms with van der Waals surface area (Å²) in [6.07, 6.45) is 0.974. The number of hydrogen-bond acceptors (Lipinski definition) is 4. The van der Waals surface area contributed by atoms with Crippen LogP contribution in [0.1, 0.15) is 19.8 Å². The molecule has 3 rings (SSSR count). The van der Waals surface area contributed by atoms with E-state index in [9.17, 15) is 27.6 Å². The van der Waals surface area contributed by atoms with Gasteiger partial charge in [-0.3, -0.25) is 19.3 Å². The van der Waals surface area contributed by atoms with Gasteiger partial charge in [-0.2, -0.15) is 8.78 Å². The third kappa shape index (κ3) is 2.77. The lowest BCUT2D eigenvalue weighted by Gasteiger charge is -2.34. The monoisotopic (exact) mass is 366 g/mol. The van der Waals surface area contributed by atoms with Crippen molar-refractivity contribution in [1.29, 1.82) is 0 Å². The predicted molar refractivity (Wildman–Crippen MR) is 84.1 cm³/mol. The summed E-state index contributed by atoms with van der Waals surface area (Å²) in [5.41, 5.74) is -0.677. The van der Waals surface area contributed by atoms with E-state index in [2.05, 4.69) is 10.7 Å². The minimum absolute atomic E-state index is 0.0316. The number of rotatable bonds is 2. The largest absolute Gasteiger partial charge is 0.483 e. The Morgan fingerprint density at radius 1 is 1.23 bits per heavy atom. The lowest BCUT2D eigenvalue weighted by molar-refractivity contribution is -0.192. The highest BCUT2D eigenvalue weighted by molar-refractivity contribution is 6.17. The molecule has 0 aromatic heterocycles. The molecule has 2 aliphatic heterocycles. The molecule has 0 aliphatic carbocycles. The number of terminal acetylenes is 1. The van der Waals surface area contributed by atoms with E-state index in [1.54, 1.807) is 6.92 Å². The van der Waals surface area contributed by atoms with Crippen LogP contribution >= 0.6 is 0 Å². The number of piperidine rings is 1. The SMILES string of the molecule is C#CCN1C(=O)C(F)(F)Oc2cc(F)c(N3C(=O)CC(C)CC3=O)cc21. The molecule has 0 spiro atoms. The smallest absolute Gasteiger partial charge is 0.423 e. The summed E-state index contributed by atoms with van der Waals surface area (Å²) in [4.78, 5) is 37.4. The van der Waals surface area contributed by atoms with E-state index >= 15 is 0 Å². The summed E-state index contributed by atoms with van der Waals surface area (Å²) >= 11 is 0. The molecule has 0 bridgehead atoms. The fraction of sp³-hybridized carbons (Fsp3) is 0.353. The van der Waals surface area contributed by atoms with Crippen molar-refractivity contribution in [3.8, 4) is 18.1 Å². The first-order valence-corrected chi connectivity index (χ1v) is 7.67. The lowest BCUT2D eigenvalue weighted by atomic mass is 9.97. The van der Waals surface area contributed by atoms with Crippen molar-refractivity contribution in [2.24, 2.45) is 5.92 Å². The third-order valence-electron chi connectivity index (χ3n) is 4.09. The quantitative estimate of drug-likeness (QED) is 0.594. The number of fused-ring (bicyclic) bond motifs is 1. The molecule has 26 heavy (non-hydrogen) atoms. The number of imide groups is 1. The maximum absolute atomic E-state index is 14.5. The van der Waals surface area contributed by atoms with Gasteiger partial charge < -0.3 is 4.74 Å². The first-order valence-electron chi connectivity index (χ1n) is 7.67. The molecule has 136 valence electrons. The predicted octanol–water partition coefficient (Wildman–Crippen LogP) is 2.07. The number of ether oxygens (including phenoxy) is 1. The van der Waals surface area contributed by atoms with Crippen LogP contribution in [-0.2, 0) is 14.4 Å². The van der Waals surface area contributed by atoms with E-state index in [4.69, 9.17) is 6.42 Å². The van der Waals surface area contributed by atoms with Crippen LogP contribution in [-0.4, -0.2) is 30.4 Å². The summed E-state index contributed by atoms with van der Waals surface area (Å²) < 4.78 is 46.1. The van der Waals surface area contributed by atoms with Gasteiger partial charge in [0.15, 0.2) is 11.6 Å². The highest BCUT2D eigenvalue weighted by Crippen LogP contribution is 2.43. The van der Waals surface area contributed by atoms with Gasteiger partial charge in [-0.1, -0.05) is 12.8 Å². The van der Waals surface area contributed by atoms with E-state index in [1.807, 2.05) is 0 Å². The summed E-state index contributed by atoms with van der Waals surface area (Å²) in [6, 6.07) is 1.55. The van der Waals surface area contributed by atoms with Gasteiger partial charge >= 0.3 is 12.0 Å². The van der Waals surface area contributed by atoms with Gasteiger partial charge in [-0.05, 0) is 12.0 Å². The highest BCUT2D eigenvalue weighted by Gasteiger charge is 2.51. The fourth-order valence-corrected chi connectivity index (χ4v) is 2.95. The molecule has 0 N–H and O–H groups in total. The zero-order valence-corrected chi connectivity index (χ0v) is 13.6. The lowest BCUT2D eigenvalue weighted by Crippen LogP contribution is -2.51. The summed E-state index contributed by atoms with van der Waals surface area (Å²) in [7, 11) is 0. The van der Waals surface area contributed by atoms with Crippen molar-refractivity contribution < 1.29 is 32.3 Å². The van der Waals surface area contributed by atoms with Crippen molar-refractivity contribution in [2.75, 3.05) is 16.3 Å². The molecule has 6 nitrogen and oxygen atoms in total. The first-order chi connectivity index (χ1) is 12.2. The van der Waals surface area contributed by atoms with Crippen LogP contribution < -0.4 is 14.5 Å². The van der Waals surface area contributed by atoms with Crippen LogP contribution in [0.5, 0.6) is 5.75 Å². The van der Waals surface area contributed by atoms with E-state index in [-0.39, 0.29) is 24.4 Å². The molecular formula is C17H13F3N2O4. The molecule has 1 fully saturated rings. The first kappa shape index (κ1) is 17.8. The van der Waals surface area contributed by atoms with Crippen LogP contribution in [0, 0.1) is 24.1 Å². The Balaban J connectivity index is 2.12. The summed E-state index contributed by atoms with van der Waals surface area (Å²) in [5, 5.41) is 0. The van der Waals surface area contributed by atoms with Crippen LogP contribution in [0.25, 0.3) is 0 Å². The summed E-state index contributed by atoms with van der Waals surface area (Å²) in [5.74, 6) is -2.81. The number of hydrogen-bond donors (Lipinski definition) is 0. The van der Waals surface area contributed by atoms with Crippen LogP contribution in [0.2, 0.25) is 0 Å². The molecule has 0 unspecified atom stereocenters. The Labute approximate surface area is 146 Å². The minimum atomic E-state index is -4.20. The number of amides is 3. The molecule has 0 atom stereocenters. The second-order valence-electron chi connectivity index (χ2n) is 6.12. The van der Waals surface area contributed by atoms with E-state index < -0.39 is 47.6 Å². The number of anilines is 2. The van der Waals surface area contributed by atoms with Crippen molar-refractivity contribution in [2.45, 2.75) is 25.9 Å². The van der Waals surface area contributed by atoms with Crippen molar-refractivity contribution in [3.05, 3.63) is 17.9 Å². The van der Waals surface area contributed by atoms with Gasteiger partial charge in [-0.25, -0.2) is 9.29 Å². The van der Waals surface area contributed by atoms with Crippen LogP contribution in [0.4, 0.5) is 24.5 Å². The average molecular weight is 366 g/mol. The Morgan fingerprint density at radius 2 is 1.85 bits per heavy atom. The zero-order valence-electron chi connectivity index (χ0n) is 13.6. The Bertz CT molecular complexity index is 844. The standard InChI is InChI=1S/C17H13F3N2O4/c1-3-4-21-12-8-11(22-14(23)5-9(2)6-15(22)24)10(18)7-13(12)26-17(19,20)16(21)25/h1,7-9H,4-6H2,2H3. The molecule has 0 radical (unpaired) electrons. The second-order valence-corrected chi connectivity index (χ2v) is 6.12. The van der Waals surface area contributed by atoms with Gasteiger partial charge in [0.1, 0.15) is 0 Å². The molecular weight excluding hydrogens is 353 g/mol. The number of carbonyl (C=O) groups excluding carboxylic acids is 3. The Hall–Kier alpha value is -3.02. The minimum Gasteiger partial charge on any atom is -0.423 e. The van der Waals surface area contributed by atoms with Gasteiger partial charge in [0.05, 0.1) is 17.9 Å². The molecule has 1 saturated heterocycles. The molecule has 2 heterocycles. The third-order valence-corrected chi connectivity index (χ3v) is 4.09. The Kier molecular flexibility index (Phi) is 4.14. The molecule has 0 saturated carbocycles. The number of carbonyl (C=O) groups is 3. The van der Waals surface area contributed by atoms with Gasteiger partial charge in [0.2, 0.25) is 11.8 Å². The van der Waals surface area contributed by atoms with Crippen molar-refractivity contribution in [1.82, 2.24) is 0 Å². The number of alkyl halides is 2. The molecule has 9 heteroatoms. The van der Waals surface area contributed by atoms with Gasteiger partial charge in [0, 0.05) is 18.9 Å². The van der Waals surface area contributed by atoms with Crippen LogP contribution in [0.15, 0.2) is 12.1 Å². The maximum atomic E-state index is 14.5. The molecule has 2 aliphatic rings. The fourth-order valence-electron chi connectivity index (χ4n) is 2.95. The number of halogens is 3. The van der Waals surface area contributed by atoms with E-state index in [0.29, 0.717) is 15.9 Å². The van der Waals surface area contributed by atoms with Gasteiger partial charge in [0.25, 0.3) is 0 Å². The maximum Gasteiger partial charge on any atom is 0.483 e. The number of benzene rings is 1. The highest BCUT2D eigenvalue weighted by atomic mass is 19.3. The average Bonchev–Trinajstić information content (AvgIpc) is 2.52. The van der Waals surface area contributed by atoms with Crippen molar-refractivity contribution in [3.63, 3.8) is 0 Å². The summed E-state index contributed by atoms with van der Waals surface area (Å²) in [6.45, 7) is 1.19. The topological polar surface area (TPSA) is 66.9 Å². The molecule has 1 aromatic rings.